The van der Waals surface area contributed by atoms with Gasteiger partial charge in [-0.1, -0.05) is 11.6 Å². The van der Waals surface area contributed by atoms with Crippen molar-refractivity contribution >= 4 is 45.2 Å². The summed E-state index contributed by atoms with van der Waals surface area (Å²) in [6, 6.07) is 5.40. The van der Waals surface area contributed by atoms with Gasteiger partial charge in [-0.25, -0.2) is 9.78 Å². The first-order chi connectivity index (χ1) is 11.5. The second-order valence-corrected chi connectivity index (χ2v) is 7.38. The van der Waals surface area contributed by atoms with E-state index in [0.717, 1.165) is 21.6 Å². The third-order valence-electron chi connectivity index (χ3n) is 4.07. The Balaban J connectivity index is 1.51. The number of likely N-dealkylation sites (tertiary alicyclic amines) is 1. The molecule has 0 spiro atoms. The van der Waals surface area contributed by atoms with Gasteiger partial charge in [-0.3, -0.25) is 4.79 Å². The summed E-state index contributed by atoms with van der Waals surface area (Å²) in [6.07, 6.45) is 2.00. The zero-order valence-corrected chi connectivity index (χ0v) is 14.6. The monoisotopic (exact) mass is 367 g/mol. The Morgan fingerprint density at radius 1 is 1.46 bits per heavy atom. The van der Waals surface area contributed by atoms with Crippen LogP contribution in [0.25, 0.3) is 10.2 Å². The number of amides is 2. The number of urea groups is 1. The van der Waals surface area contributed by atoms with Crippen molar-refractivity contribution in [3.8, 4) is 0 Å². The summed E-state index contributed by atoms with van der Waals surface area (Å²) in [7, 11) is 0. The molecule has 1 unspecified atom stereocenters. The first-order valence-electron chi connectivity index (χ1n) is 7.83. The van der Waals surface area contributed by atoms with Gasteiger partial charge in [0, 0.05) is 31.1 Å². The highest BCUT2D eigenvalue weighted by molar-refractivity contribution is 7.18. The highest BCUT2D eigenvalue weighted by atomic mass is 35.5. The highest BCUT2D eigenvalue weighted by Crippen LogP contribution is 2.25. The molecule has 8 heteroatoms. The summed E-state index contributed by atoms with van der Waals surface area (Å²) in [6.45, 7) is 1.36. The van der Waals surface area contributed by atoms with E-state index in [1.165, 1.54) is 0 Å². The Morgan fingerprint density at radius 3 is 3.08 bits per heavy atom. The molecule has 1 atom stereocenters. The van der Waals surface area contributed by atoms with Gasteiger partial charge in [0.05, 0.1) is 21.1 Å². The largest absolute Gasteiger partial charge is 0.481 e. The molecule has 2 amide bonds. The van der Waals surface area contributed by atoms with Crippen LogP contribution >= 0.6 is 22.9 Å². The summed E-state index contributed by atoms with van der Waals surface area (Å²) in [5.41, 5.74) is 0.870. The molecule has 0 saturated carbocycles. The Morgan fingerprint density at radius 2 is 2.29 bits per heavy atom. The number of carbonyl (C=O) groups excluding carboxylic acids is 1. The standard InChI is InChI=1S/C16H18ClN3O3S/c17-11-3-4-13-12(8-11)19-14(24-13)5-6-18-16(23)20-7-1-2-10(9-20)15(21)22/h3-4,8,10H,1-2,5-7,9H2,(H,18,23)(H,21,22). The number of fused-ring (bicyclic) bond motifs is 1. The zero-order chi connectivity index (χ0) is 17.1. The van der Waals surface area contributed by atoms with E-state index in [4.69, 9.17) is 16.7 Å². The van der Waals surface area contributed by atoms with Crippen LogP contribution in [0.3, 0.4) is 0 Å². The van der Waals surface area contributed by atoms with E-state index >= 15 is 0 Å². The van der Waals surface area contributed by atoms with Gasteiger partial charge in [-0.15, -0.1) is 11.3 Å². The van der Waals surface area contributed by atoms with Crippen LogP contribution in [0.1, 0.15) is 17.8 Å². The maximum atomic E-state index is 12.2. The SMILES string of the molecule is O=C(O)C1CCCN(C(=O)NCCc2nc3cc(Cl)ccc3s2)C1. The van der Waals surface area contributed by atoms with Gasteiger partial charge < -0.3 is 15.3 Å². The fourth-order valence-corrected chi connectivity index (χ4v) is 3.92. The molecule has 2 N–H and O–H groups in total. The maximum Gasteiger partial charge on any atom is 0.317 e. The molecule has 3 rings (SSSR count). The summed E-state index contributed by atoms with van der Waals surface area (Å²) in [5.74, 6) is -1.29. The maximum absolute atomic E-state index is 12.2. The molecular weight excluding hydrogens is 350 g/mol. The lowest BCUT2D eigenvalue weighted by molar-refractivity contribution is -0.143. The highest BCUT2D eigenvalue weighted by Gasteiger charge is 2.27. The Hall–Kier alpha value is -1.86. The molecule has 128 valence electrons. The number of carbonyl (C=O) groups is 2. The van der Waals surface area contributed by atoms with E-state index in [-0.39, 0.29) is 12.6 Å². The average Bonchev–Trinajstić information content (AvgIpc) is 2.96. The lowest BCUT2D eigenvalue weighted by Gasteiger charge is -2.30. The first kappa shape index (κ1) is 17.0. The van der Waals surface area contributed by atoms with E-state index < -0.39 is 11.9 Å². The van der Waals surface area contributed by atoms with Gasteiger partial charge in [-0.2, -0.15) is 0 Å². The molecule has 1 aliphatic heterocycles. The number of nitrogens with one attached hydrogen (secondary N) is 1. The van der Waals surface area contributed by atoms with Gasteiger partial charge in [0.15, 0.2) is 0 Å². The number of rotatable bonds is 4. The Kier molecular flexibility index (Phi) is 5.20. The number of benzene rings is 1. The van der Waals surface area contributed by atoms with Gasteiger partial charge >= 0.3 is 12.0 Å². The van der Waals surface area contributed by atoms with E-state index in [1.54, 1.807) is 16.2 Å². The molecule has 0 radical (unpaired) electrons. The molecule has 1 aromatic carbocycles. The average molecular weight is 368 g/mol. The van der Waals surface area contributed by atoms with Crippen LogP contribution in [-0.2, 0) is 11.2 Å². The topological polar surface area (TPSA) is 82.5 Å². The number of hydrogen-bond acceptors (Lipinski definition) is 4. The summed E-state index contributed by atoms with van der Waals surface area (Å²) >= 11 is 7.54. The van der Waals surface area contributed by atoms with Crippen LogP contribution in [0.4, 0.5) is 4.79 Å². The number of halogens is 1. The van der Waals surface area contributed by atoms with Gasteiger partial charge in [0.2, 0.25) is 0 Å². The Labute approximate surface area is 148 Å². The molecule has 0 aliphatic carbocycles. The third kappa shape index (κ3) is 3.96. The van der Waals surface area contributed by atoms with Gasteiger partial charge in [0.1, 0.15) is 0 Å². The van der Waals surface area contributed by atoms with Gasteiger partial charge in [0.25, 0.3) is 0 Å². The second-order valence-electron chi connectivity index (χ2n) is 5.82. The van der Waals surface area contributed by atoms with Crippen molar-refractivity contribution < 1.29 is 14.7 Å². The minimum Gasteiger partial charge on any atom is -0.481 e. The van der Waals surface area contributed by atoms with E-state index in [9.17, 15) is 9.59 Å². The lowest BCUT2D eigenvalue weighted by atomic mass is 9.99. The molecule has 6 nitrogen and oxygen atoms in total. The number of aromatic nitrogens is 1. The van der Waals surface area contributed by atoms with Gasteiger partial charge in [-0.05, 0) is 31.0 Å². The summed E-state index contributed by atoms with van der Waals surface area (Å²) < 4.78 is 1.07. The number of piperidine rings is 1. The zero-order valence-electron chi connectivity index (χ0n) is 13.0. The molecule has 2 heterocycles. The van der Waals surface area contributed by atoms with Crippen molar-refractivity contribution in [3.63, 3.8) is 0 Å². The first-order valence-corrected chi connectivity index (χ1v) is 9.03. The fraction of sp³-hybridized carbons (Fsp3) is 0.438. The molecular formula is C16H18ClN3O3S. The van der Waals surface area contributed by atoms with Crippen LogP contribution in [0.15, 0.2) is 18.2 Å². The van der Waals surface area contributed by atoms with E-state index in [2.05, 4.69) is 10.3 Å². The van der Waals surface area contributed by atoms with Crippen LogP contribution in [-0.4, -0.2) is 46.6 Å². The van der Waals surface area contributed by atoms with Crippen LogP contribution in [0.5, 0.6) is 0 Å². The second kappa shape index (κ2) is 7.36. The molecule has 1 aromatic heterocycles. The minimum absolute atomic E-state index is 0.204. The lowest BCUT2D eigenvalue weighted by Crippen LogP contribution is -2.47. The number of nitrogens with zero attached hydrogens (tertiary/aromatic N) is 2. The quantitative estimate of drug-likeness (QED) is 0.870. The van der Waals surface area contributed by atoms with Crippen molar-refractivity contribution in [3.05, 3.63) is 28.2 Å². The minimum atomic E-state index is -0.833. The predicted molar refractivity (Wildman–Crippen MR) is 93.7 cm³/mol. The normalized spacial score (nSPS) is 17.9. The Bertz CT molecular complexity index is 764. The van der Waals surface area contributed by atoms with Crippen LogP contribution in [0, 0.1) is 5.92 Å². The molecule has 1 saturated heterocycles. The van der Waals surface area contributed by atoms with Crippen molar-refractivity contribution in [1.82, 2.24) is 15.2 Å². The van der Waals surface area contributed by atoms with Crippen molar-refractivity contribution in [1.29, 1.82) is 0 Å². The third-order valence-corrected chi connectivity index (χ3v) is 5.40. The van der Waals surface area contributed by atoms with Crippen LogP contribution in [0.2, 0.25) is 5.02 Å². The van der Waals surface area contributed by atoms with Crippen molar-refractivity contribution in [2.75, 3.05) is 19.6 Å². The number of thiazole rings is 1. The molecule has 1 aliphatic rings. The molecule has 1 fully saturated rings. The van der Waals surface area contributed by atoms with Crippen molar-refractivity contribution in [2.45, 2.75) is 19.3 Å². The summed E-state index contributed by atoms with van der Waals surface area (Å²) in [5, 5.41) is 13.5. The molecule has 2 aromatic rings. The number of hydrogen-bond donors (Lipinski definition) is 2. The summed E-state index contributed by atoms with van der Waals surface area (Å²) in [4.78, 5) is 29.3. The fourth-order valence-electron chi connectivity index (χ4n) is 2.81. The number of carboxylic acid groups (broad SMARTS) is 1. The molecule has 0 bridgehead atoms. The van der Waals surface area contributed by atoms with Crippen LogP contribution < -0.4 is 5.32 Å². The molecule has 24 heavy (non-hydrogen) atoms. The predicted octanol–water partition coefficient (Wildman–Crippen LogP) is 3.00. The van der Waals surface area contributed by atoms with Crippen molar-refractivity contribution in [2.24, 2.45) is 5.92 Å². The number of carboxylic acids is 1. The van der Waals surface area contributed by atoms with E-state index in [0.29, 0.717) is 31.0 Å². The smallest absolute Gasteiger partial charge is 0.317 e. The number of aliphatic carboxylic acids is 1. The van der Waals surface area contributed by atoms with E-state index in [1.807, 2.05) is 18.2 Å².